The zero-order valence-corrected chi connectivity index (χ0v) is 37.2. The number of hydrogen-bond donors (Lipinski definition) is 0. The Labute approximate surface area is 372 Å². The Hall–Kier alpha value is -7.22. The largest absolute Gasteiger partial charge is 0.309 e. The summed E-state index contributed by atoms with van der Waals surface area (Å²) < 4.78 is 0. The molecule has 0 radical (unpaired) electrons. The van der Waals surface area contributed by atoms with E-state index in [2.05, 4.69) is 259 Å². The van der Waals surface area contributed by atoms with Gasteiger partial charge in [-0.3, -0.25) is 0 Å². The molecule has 0 N–H and O–H groups in total. The molecule has 0 aliphatic rings. The van der Waals surface area contributed by atoms with Gasteiger partial charge in [0, 0.05) is 16.8 Å². The SMILES string of the molecule is CC(C)(C)c1cc(-c2cccc3cccc(-c4ccccc4N(c4cccc(-c5cccc6c5ccc5ccccc56)c4)c4ccccc4-c4ccccc4)c23)cc(C(C)(C)C)c1. The minimum Gasteiger partial charge on any atom is -0.309 e. The molecule has 0 aliphatic heterocycles. The maximum absolute atomic E-state index is 2.49. The first-order valence-corrected chi connectivity index (χ1v) is 22.3. The molecule has 0 fully saturated rings. The highest BCUT2D eigenvalue weighted by molar-refractivity contribution is 6.13. The van der Waals surface area contributed by atoms with Gasteiger partial charge in [-0.25, -0.2) is 0 Å². The second-order valence-electron chi connectivity index (χ2n) is 19.0. The van der Waals surface area contributed by atoms with Crippen molar-refractivity contribution in [2.24, 2.45) is 0 Å². The van der Waals surface area contributed by atoms with Gasteiger partial charge in [0.05, 0.1) is 11.4 Å². The Bertz CT molecular complexity index is 3270. The van der Waals surface area contributed by atoms with Crippen LogP contribution in [0.15, 0.2) is 212 Å². The average molecular weight is 812 g/mol. The summed E-state index contributed by atoms with van der Waals surface area (Å²) in [5.74, 6) is 0. The van der Waals surface area contributed by atoms with E-state index in [1.54, 1.807) is 0 Å². The van der Waals surface area contributed by atoms with Gasteiger partial charge in [0.25, 0.3) is 0 Å². The van der Waals surface area contributed by atoms with E-state index in [1.165, 1.54) is 88.0 Å². The lowest BCUT2D eigenvalue weighted by atomic mass is 9.78. The van der Waals surface area contributed by atoms with Crippen LogP contribution in [0.25, 0.3) is 76.8 Å². The summed E-state index contributed by atoms with van der Waals surface area (Å²) in [5.41, 5.74) is 15.6. The third-order valence-electron chi connectivity index (χ3n) is 12.7. The van der Waals surface area contributed by atoms with E-state index >= 15 is 0 Å². The quantitative estimate of drug-likeness (QED) is 0.145. The van der Waals surface area contributed by atoms with Crippen molar-refractivity contribution < 1.29 is 0 Å². The van der Waals surface area contributed by atoms with Crippen LogP contribution < -0.4 is 4.90 Å². The van der Waals surface area contributed by atoms with Crippen LogP contribution in [0.1, 0.15) is 52.7 Å². The number of para-hydroxylation sites is 2. The van der Waals surface area contributed by atoms with Crippen LogP contribution >= 0.6 is 0 Å². The molecule has 1 nitrogen and oxygen atoms in total. The molecule has 10 rings (SSSR count). The van der Waals surface area contributed by atoms with Crippen LogP contribution in [0.4, 0.5) is 17.1 Å². The average Bonchev–Trinajstić information content (AvgIpc) is 3.31. The molecule has 0 amide bonds. The highest BCUT2D eigenvalue weighted by atomic mass is 15.1. The first-order valence-electron chi connectivity index (χ1n) is 22.3. The summed E-state index contributed by atoms with van der Waals surface area (Å²) in [6, 6.07) is 78.6. The van der Waals surface area contributed by atoms with Gasteiger partial charge in [-0.15, -0.1) is 0 Å². The summed E-state index contributed by atoms with van der Waals surface area (Å²) in [6.45, 7) is 13.9. The topological polar surface area (TPSA) is 3.24 Å². The Morgan fingerprint density at radius 1 is 0.302 bits per heavy atom. The number of anilines is 3. The van der Waals surface area contributed by atoms with E-state index in [9.17, 15) is 0 Å². The number of benzene rings is 10. The third-order valence-corrected chi connectivity index (χ3v) is 12.7. The van der Waals surface area contributed by atoms with Crippen molar-refractivity contribution in [3.05, 3.63) is 223 Å². The smallest absolute Gasteiger partial charge is 0.0540 e. The summed E-state index contributed by atoms with van der Waals surface area (Å²) in [4.78, 5) is 2.49. The molecule has 0 heterocycles. The van der Waals surface area contributed by atoms with Gasteiger partial charge in [-0.05, 0) is 112 Å². The standard InChI is InChI=1S/C62H53N/c1-61(2,3)47-38-46(39-48(41-47)62(4,5)6)53-31-17-23-44-24-18-33-57(60(44)53)56-29-13-15-35-59(56)63(58-34-14-12-28-52(58)42-20-8-7-9-21-42)49-26-16-25-45(40-49)51-30-19-32-54-50-27-11-10-22-43(50)36-37-55(51)54/h7-41H,1-6H3. The van der Waals surface area contributed by atoms with Gasteiger partial charge < -0.3 is 4.90 Å². The van der Waals surface area contributed by atoms with Crippen LogP contribution in [0.5, 0.6) is 0 Å². The summed E-state index contributed by atoms with van der Waals surface area (Å²) in [6.07, 6.45) is 0. The second kappa shape index (κ2) is 15.9. The second-order valence-corrected chi connectivity index (χ2v) is 19.0. The van der Waals surface area contributed by atoms with Gasteiger partial charge in [0.1, 0.15) is 0 Å². The number of rotatable bonds is 7. The van der Waals surface area contributed by atoms with Gasteiger partial charge in [0.2, 0.25) is 0 Å². The Morgan fingerprint density at radius 3 is 1.56 bits per heavy atom. The van der Waals surface area contributed by atoms with E-state index in [-0.39, 0.29) is 10.8 Å². The zero-order chi connectivity index (χ0) is 43.3. The van der Waals surface area contributed by atoms with Gasteiger partial charge in [0.15, 0.2) is 0 Å². The van der Waals surface area contributed by atoms with Gasteiger partial charge >= 0.3 is 0 Å². The van der Waals surface area contributed by atoms with Crippen molar-refractivity contribution in [1.29, 1.82) is 0 Å². The van der Waals surface area contributed by atoms with E-state index in [1.807, 2.05) is 0 Å². The molecule has 0 bridgehead atoms. The lowest BCUT2D eigenvalue weighted by molar-refractivity contribution is 0.569. The fourth-order valence-corrected chi connectivity index (χ4v) is 9.39. The molecular formula is C62H53N. The Balaban J connectivity index is 1.22. The minimum absolute atomic E-state index is 0.00294. The van der Waals surface area contributed by atoms with Crippen molar-refractivity contribution in [3.63, 3.8) is 0 Å². The monoisotopic (exact) mass is 811 g/mol. The normalized spacial score (nSPS) is 12.0. The molecule has 0 saturated heterocycles. The maximum atomic E-state index is 2.49. The third kappa shape index (κ3) is 7.49. The summed E-state index contributed by atoms with van der Waals surface area (Å²) >= 11 is 0. The highest BCUT2D eigenvalue weighted by Gasteiger charge is 2.25. The van der Waals surface area contributed by atoms with Crippen LogP contribution in [-0.4, -0.2) is 0 Å². The number of hydrogen-bond acceptors (Lipinski definition) is 1. The van der Waals surface area contributed by atoms with E-state index in [0.717, 1.165) is 17.1 Å². The van der Waals surface area contributed by atoms with Crippen molar-refractivity contribution in [3.8, 4) is 44.5 Å². The van der Waals surface area contributed by atoms with Gasteiger partial charge in [-0.1, -0.05) is 230 Å². The fourth-order valence-electron chi connectivity index (χ4n) is 9.39. The molecule has 10 aromatic rings. The van der Waals surface area contributed by atoms with E-state index in [4.69, 9.17) is 0 Å². The predicted molar refractivity (Wildman–Crippen MR) is 273 cm³/mol. The molecule has 0 saturated carbocycles. The van der Waals surface area contributed by atoms with Crippen molar-refractivity contribution >= 4 is 49.4 Å². The zero-order valence-electron chi connectivity index (χ0n) is 37.2. The molecule has 0 aromatic heterocycles. The summed E-state index contributed by atoms with van der Waals surface area (Å²) in [7, 11) is 0. The molecule has 0 spiro atoms. The lowest BCUT2D eigenvalue weighted by Gasteiger charge is -2.30. The lowest BCUT2D eigenvalue weighted by Crippen LogP contribution is -2.16. The van der Waals surface area contributed by atoms with E-state index < -0.39 is 0 Å². The van der Waals surface area contributed by atoms with Gasteiger partial charge in [-0.2, -0.15) is 0 Å². The minimum atomic E-state index is -0.00294. The molecule has 0 unspecified atom stereocenters. The first kappa shape index (κ1) is 39.9. The van der Waals surface area contributed by atoms with Crippen LogP contribution in [0.2, 0.25) is 0 Å². The van der Waals surface area contributed by atoms with Crippen molar-refractivity contribution in [2.45, 2.75) is 52.4 Å². The molecule has 1 heteroatoms. The molecule has 0 aliphatic carbocycles. The predicted octanol–water partition coefficient (Wildman–Crippen LogP) is 17.9. The van der Waals surface area contributed by atoms with Crippen LogP contribution in [0.3, 0.4) is 0 Å². The van der Waals surface area contributed by atoms with E-state index in [0.29, 0.717) is 0 Å². The number of nitrogens with zero attached hydrogens (tertiary/aromatic N) is 1. The Kier molecular flexibility index (Phi) is 10.1. The molecular weight excluding hydrogens is 759 g/mol. The van der Waals surface area contributed by atoms with Crippen molar-refractivity contribution in [2.75, 3.05) is 4.90 Å². The van der Waals surface area contributed by atoms with Crippen LogP contribution in [0, 0.1) is 0 Å². The summed E-state index contributed by atoms with van der Waals surface area (Å²) in [5, 5.41) is 7.52. The fraction of sp³-hybridized carbons (Fsp3) is 0.129. The molecule has 306 valence electrons. The Morgan fingerprint density at radius 2 is 0.825 bits per heavy atom. The maximum Gasteiger partial charge on any atom is 0.0540 e. The first-order chi connectivity index (χ1) is 30.5. The molecule has 0 atom stereocenters. The highest BCUT2D eigenvalue weighted by Crippen LogP contribution is 2.48. The molecule has 63 heavy (non-hydrogen) atoms. The number of fused-ring (bicyclic) bond motifs is 4. The van der Waals surface area contributed by atoms with Crippen molar-refractivity contribution in [1.82, 2.24) is 0 Å². The van der Waals surface area contributed by atoms with Crippen LogP contribution in [-0.2, 0) is 10.8 Å². The molecule has 10 aromatic carbocycles.